The van der Waals surface area contributed by atoms with E-state index in [9.17, 15) is 4.79 Å². The highest BCUT2D eigenvalue weighted by atomic mass is 16.2. The molecule has 1 aromatic rings. The average molecular weight is 207 g/mol. The molecule has 0 aliphatic rings. The molecule has 4 nitrogen and oxygen atoms in total. The van der Waals surface area contributed by atoms with Crippen LogP contribution >= 0.6 is 0 Å². The Balaban J connectivity index is 2.53. The van der Waals surface area contributed by atoms with Gasteiger partial charge >= 0.3 is 0 Å². The molecule has 1 aromatic heterocycles. The number of carbonyl (C=O) groups is 1. The van der Waals surface area contributed by atoms with Gasteiger partial charge in [0.1, 0.15) is 5.69 Å². The summed E-state index contributed by atoms with van der Waals surface area (Å²) < 4.78 is 0. The van der Waals surface area contributed by atoms with E-state index in [4.69, 9.17) is 0 Å². The van der Waals surface area contributed by atoms with Gasteiger partial charge in [0, 0.05) is 11.9 Å². The van der Waals surface area contributed by atoms with Gasteiger partial charge in [-0.1, -0.05) is 13.8 Å². The average Bonchev–Trinajstić information content (AvgIpc) is 2.77. The van der Waals surface area contributed by atoms with Crippen LogP contribution in [0.4, 0.5) is 0 Å². The van der Waals surface area contributed by atoms with Crippen LogP contribution in [0.15, 0.2) is 23.4 Å². The van der Waals surface area contributed by atoms with Crippen LogP contribution in [-0.4, -0.2) is 16.6 Å². The molecule has 1 heterocycles. The Morgan fingerprint density at radius 1 is 1.67 bits per heavy atom. The minimum atomic E-state index is -0.206. The first kappa shape index (κ1) is 11.5. The monoisotopic (exact) mass is 207 g/mol. The molecule has 0 fully saturated rings. The Morgan fingerprint density at radius 2 is 2.40 bits per heavy atom. The lowest BCUT2D eigenvalue weighted by Gasteiger charge is -2.07. The van der Waals surface area contributed by atoms with Crippen LogP contribution in [0.25, 0.3) is 0 Å². The van der Waals surface area contributed by atoms with Crippen molar-refractivity contribution in [2.45, 2.75) is 27.2 Å². The molecule has 0 aliphatic heterocycles. The van der Waals surface area contributed by atoms with Crippen LogP contribution in [0.3, 0.4) is 0 Å². The third-order valence-corrected chi connectivity index (χ3v) is 2.50. The number of H-pyrrole nitrogens is 1. The molecule has 1 rings (SSSR count). The number of aromatic amines is 1. The van der Waals surface area contributed by atoms with Crippen LogP contribution in [0, 0.1) is 5.92 Å². The third-order valence-electron chi connectivity index (χ3n) is 2.50. The number of hydrogen-bond donors (Lipinski definition) is 2. The first-order chi connectivity index (χ1) is 7.15. The summed E-state index contributed by atoms with van der Waals surface area (Å²) in [6.45, 7) is 6.10. The summed E-state index contributed by atoms with van der Waals surface area (Å²) in [5, 5.41) is 4.05. The molecule has 82 valence electrons. The highest BCUT2D eigenvalue weighted by Crippen LogP contribution is 2.02. The maximum Gasteiger partial charge on any atom is 0.287 e. The lowest BCUT2D eigenvalue weighted by molar-refractivity contribution is 0.0950. The Bertz CT molecular complexity index is 341. The summed E-state index contributed by atoms with van der Waals surface area (Å²) in [6, 6.07) is 3.49. The fraction of sp³-hybridized carbons (Fsp3) is 0.455. The van der Waals surface area contributed by atoms with Crippen molar-refractivity contribution >= 4 is 11.6 Å². The van der Waals surface area contributed by atoms with Gasteiger partial charge in [-0.15, -0.1) is 0 Å². The summed E-state index contributed by atoms with van der Waals surface area (Å²) in [5.41, 5.74) is 3.98. The SMILES string of the molecule is CC[C@@H](C)/C(C)=N\NC(=O)c1ccc[nH]1. The van der Waals surface area contributed by atoms with Gasteiger partial charge in [0.05, 0.1) is 0 Å². The zero-order chi connectivity index (χ0) is 11.3. The number of nitrogens with zero attached hydrogens (tertiary/aromatic N) is 1. The van der Waals surface area contributed by atoms with Crippen LogP contribution in [0.2, 0.25) is 0 Å². The molecule has 0 unspecified atom stereocenters. The van der Waals surface area contributed by atoms with Crippen LogP contribution in [0.1, 0.15) is 37.7 Å². The molecule has 1 amide bonds. The number of hydrogen-bond acceptors (Lipinski definition) is 2. The van der Waals surface area contributed by atoms with Crippen LogP contribution in [0.5, 0.6) is 0 Å². The van der Waals surface area contributed by atoms with Crippen molar-refractivity contribution in [2.75, 3.05) is 0 Å². The van der Waals surface area contributed by atoms with E-state index >= 15 is 0 Å². The highest BCUT2D eigenvalue weighted by molar-refractivity contribution is 5.93. The zero-order valence-electron chi connectivity index (χ0n) is 9.37. The van der Waals surface area contributed by atoms with Crippen molar-refractivity contribution in [3.8, 4) is 0 Å². The summed E-state index contributed by atoms with van der Waals surface area (Å²) in [7, 11) is 0. The molecule has 2 N–H and O–H groups in total. The summed E-state index contributed by atoms with van der Waals surface area (Å²) >= 11 is 0. The van der Waals surface area contributed by atoms with Gasteiger partial charge < -0.3 is 4.98 Å². The van der Waals surface area contributed by atoms with Gasteiger partial charge in [0.15, 0.2) is 0 Å². The largest absolute Gasteiger partial charge is 0.357 e. The molecule has 0 spiro atoms. The normalized spacial score (nSPS) is 13.7. The van der Waals surface area contributed by atoms with Crippen molar-refractivity contribution < 1.29 is 4.79 Å². The smallest absolute Gasteiger partial charge is 0.287 e. The standard InChI is InChI=1S/C11H17N3O/c1-4-8(2)9(3)13-14-11(15)10-6-5-7-12-10/h5-8,12H,4H2,1-3H3,(H,14,15)/b13-9-/t8-/m1/s1. The summed E-state index contributed by atoms with van der Waals surface area (Å²) in [5.74, 6) is 0.191. The maximum atomic E-state index is 11.5. The van der Waals surface area contributed by atoms with Gasteiger partial charge in [-0.25, -0.2) is 5.43 Å². The number of nitrogens with one attached hydrogen (secondary N) is 2. The molecule has 4 heteroatoms. The highest BCUT2D eigenvalue weighted by Gasteiger charge is 2.06. The van der Waals surface area contributed by atoms with Gasteiger partial charge in [0.2, 0.25) is 0 Å². The predicted molar refractivity (Wildman–Crippen MR) is 60.8 cm³/mol. The van der Waals surface area contributed by atoms with Gasteiger partial charge in [0.25, 0.3) is 5.91 Å². The fourth-order valence-electron chi connectivity index (χ4n) is 1.08. The number of amides is 1. The lowest BCUT2D eigenvalue weighted by atomic mass is 10.1. The molecule has 0 radical (unpaired) electrons. The minimum absolute atomic E-state index is 0.206. The fourth-order valence-corrected chi connectivity index (χ4v) is 1.08. The number of hydrazone groups is 1. The molecule has 15 heavy (non-hydrogen) atoms. The van der Waals surface area contributed by atoms with Gasteiger partial charge in [-0.2, -0.15) is 5.10 Å². The van der Waals surface area contributed by atoms with E-state index in [1.807, 2.05) is 6.92 Å². The van der Waals surface area contributed by atoms with E-state index in [1.54, 1.807) is 18.3 Å². The van der Waals surface area contributed by atoms with Crippen LogP contribution < -0.4 is 5.43 Å². The minimum Gasteiger partial charge on any atom is -0.357 e. The number of carbonyl (C=O) groups excluding carboxylic acids is 1. The molecule has 0 bridgehead atoms. The zero-order valence-corrected chi connectivity index (χ0v) is 9.37. The first-order valence-corrected chi connectivity index (χ1v) is 5.13. The topological polar surface area (TPSA) is 57.2 Å². The second kappa shape index (κ2) is 5.34. The number of aromatic nitrogens is 1. The lowest BCUT2D eigenvalue weighted by Crippen LogP contribution is -2.21. The van der Waals surface area contributed by atoms with E-state index in [0.29, 0.717) is 11.6 Å². The molecule has 0 aliphatic carbocycles. The molecular formula is C11H17N3O. The third kappa shape index (κ3) is 3.23. The van der Waals surface area contributed by atoms with Gasteiger partial charge in [-0.3, -0.25) is 4.79 Å². The van der Waals surface area contributed by atoms with E-state index in [2.05, 4.69) is 29.4 Å². The van der Waals surface area contributed by atoms with E-state index in [1.165, 1.54) is 0 Å². The molecule has 0 saturated carbocycles. The van der Waals surface area contributed by atoms with Crippen LogP contribution in [-0.2, 0) is 0 Å². The van der Waals surface area contributed by atoms with Crippen molar-refractivity contribution in [3.63, 3.8) is 0 Å². The Labute approximate surface area is 89.8 Å². The van der Waals surface area contributed by atoms with Gasteiger partial charge in [-0.05, 0) is 31.4 Å². The molecular weight excluding hydrogens is 190 g/mol. The summed E-state index contributed by atoms with van der Waals surface area (Å²) in [4.78, 5) is 14.3. The summed E-state index contributed by atoms with van der Waals surface area (Å²) in [6.07, 6.45) is 2.73. The predicted octanol–water partition coefficient (Wildman–Crippen LogP) is 2.17. The van der Waals surface area contributed by atoms with Crippen molar-refractivity contribution in [1.29, 1.82) is 0 Å². The maximum absolute atomic E-state index is 11.5. The Kier molecular flexibility index (Phi) is 4.09. The first-order valence-electron chi connectivity index (χ1n) is 5.13. The Morgan fingerprint density at radius 3 is 2.93 bits per heavy atom. The van der Waals surface area contributed by atoms with Crippen molar-refractivity contribution in [1.82, 2.24) is 10.4 Å². The molecule has 0 saturated heterocycles. The molecule has 1 atom stereocenters. The quantitative estimate of drug-likeness (QED) is 0.577. The van der Waals surface area contributed by atoms with Crippen molar-refractivity contribution in [3.05, 3.63) is 24.0 Å². The Hall–Kier alpha value is -1.58. The molecule has 0 aromatic carbocycles. The van der Waals surface area contributed by atoms with E-state index in [0.717, 1.165) is 12.1 Å². The van der Waals surface area contributed by atoms with E-state index in [-0.39, 0.29) is 5.91 Å². The van der Waals surface area contributed by atoms with Crippen molar-refractivity contribution in [2.24, 2.45) is 11.0 Å². The van der Waals surface area contributed by atoms with E-state index < -0.39 is 0 Å². The second-order valence-electron chi connectivity index (χ2n) is 3.59. The number of rotatable bonds is 4. The second-order valence-corrected chi connectivity index (χ2v) is 3.59.